The fraction of sp³-hybridized carbons (Fsp3) is 0.200. The molecule has 0 atom stereocenters. The highest BCUT2D eigenvalue weighted by Gasteiger charge is 2.33. The van der Waals surface area contributed by atoms with E-state index in [4.69, 9.17) is 17.3 Å². The zero-order valence-electron chi connectivity index (χ0n) is 7.53. The first kappa shape index (κ1) is 11.9. The molecule has 0 aromatic heterocycles. The van der Waals surface area contributed by atoms with E-state index in [0.717, 1.165) is 6.07 Å². The van der Waals surface area contributed by atoms with Crippen LogP contribution in [0.3, 0.4) is 0 Å². The van der Waals surface area contributed by atoms with Crippen LogP contribution in [0, 0.1) is 11.8 Å². The molecule has 0 radical (unpaired) electrons. The molecule has 15 heavy (non-hydrogen) atoms. The van der Waals surface area contributed by atoms with Crippen molar-refractivity contribution >= 4 is 11.6 Å². The Balaban J connectivity index is 3.17. The van der Waals surface area contributed by atoms with Gasteiger partial charge in [0.25, 0.3) is 0 Å². The summed E-state index contributed by atoms with van der Waals surface area (Å²) in [5.41, 5.74) is 4.47. The summed E-state index contributed by atoms with van der Waals surface area (Å²) in [6.45, 7) is 0.101. The maximum atomic E-state index is 12.4. The Hall–Kier alpha value is -1.18. The van der Waals surface area contributed by atoms with E-state index in [0.29, 0.717) is 0 Å². The molecule has 2 N–H and O–H groups in total. The van der Waals surface area contributed by atoms with Gasteiger partial charge in [-0.15, -0.1) is 0 Å². The zero-order valence-corrected chi connectivity index (χ0v) is 8.28. The molecule has 0 aliphatic rings. The SMILES string of the molecule is NCC#Cc1ccc(Cl)c(C(F)(F)F)c1. The van der Waals surface area contributed by atoms with Crippen molar-refractivity contribution in [2.24, 2.45) is 5.73 Å². The van der Waals surface area contributed by atoms with Crippen LogP contribution in [0.5, 0.6) is 0 Å². The van der Waals surface area contributed by atoms with Gasteiger partial charge in [0.05, 0.1) is 17.1 Å². The molecule has 0 fully saturated rings. The summed E-state index contributed by atoms with van der Waals surface area (Å²) in [7, 11) is 0. The van der Waals surface area contributed by atoms with Crippen LogP contribution in [-0.4, -0.2) is 6.54 Å². The molecule has 1 aromatic rings. The Morgan fingerprint density at radius 3 is 2.53 bits per heavy atom. The number of alkyl halides is 3. The highest BCUT2D eigenvalue weighted by atomic mass is 35.5. The van der Waals surface area contributed by atoms with Gasteiger partial charge < -0.3 is 5.73 Å². The Labute approximate surface area is 90.0 Å². The minimum atomic E-state index is -4.46. The van der Waals surface area contributed by atoms with Crippen molar-refractivity contribution < 1.29 is 13.2 Å². The van der Waals surface area contributed by atoms with E-state index < -0.39 is 11.7 Å². The fourth-order valence-corrected chi connectivity index (χ4v) is 1.20. The van der Waals surface area contributed by atoms with E-state index in [2.05, 4.69) is 11.8 Å². The maximum absolute atomic E-state index is 12.4. The Morgan fingerprint density at radius 2 is 2.00 bits per heavy atom. The molecule has 1 nitrogen and oxygen atoms in total. The van der Waals surface area contributed by atoms with E-state index in [1.807, 2.05) is 0 Å². The predicted molar refractivity (Wildman–Crippen MR) is 52.4 cm³/mol. The number of hydrogen-bond donors (Lipinski definition) is 1. The van der Waals surface area contributed by atoms with Crippen LogP contribution >= 0.6 is 11.6 Å². The number of nitrogens with two attached hydrogens (primary N) is 1. The fourth-order valence-electron chi connectivity index (χ4n) is 0.973. The summed E-state index contributed by atoms with van der Waals surface area (Å²) in [4.78, 5) is 0. The molecule has 0 bridgehead atoms. The third-order valence-corrected chi connectivity index (χ3v) is 1.94. The third kappa shape index (κ3) is 3.15. The molecular formula is C10H7ClF3N. The van der Waals surface area contributed by atoms with Crippen LogP contribution in [0.4, 0.5) is 13.2 Å². The average Bonchev–Trinajstić information content (AvgIpc) is 2.15. The Kier molecular flexibility index (Phi) is 3.61. The molecule has 80 valence electrons. The first-order chi connectivity index (χ1) is 6.95. The van der Waals surface area contributed by atoms with Gasteiger partial charge in [0.1, 0.15) is 0 Å². The van der Waals surface area contributed by atoms with Gasteiger partial charge in [-0.05, 0) is 18.2 Å². The second kappa shape index (κ2) is 4.56. The highest BCUT2D eigenvalue weighted by Crippen LogP contribution is 2.34. The highest BCUT2D eigenvalue weighted by molar-refractivity contribution is 6.31. The lowest BCUT2D eigenvalue weighted by Crippen LogP contribution is -2.06. The summed E-state index contributed by atoms with van der Waals surface area (Å²) in [6.07, 6.45) is -4.46. The summed E-state index contributed by atoms with van der Waals surface area (Å²) in [6, 6.07) is 3.50. The minimum absolute atomic E-state index is 0.101. The van der Waals surface area contributed by atoms with Crippen LogP contribution < -0.4 is 5.73 Å². The van der Waals surface area contributed by atoms with E-state index in [1.54, 1.807) is 0 Å². The molecule has 0 spiro atoms. The number of halogens is 4. The monoisotopic (exact) mass is 233 g/mol. The van der Waals surface area contributed by atoms with Crippen LogP contribution in [-0.2, 0) is 6.18 Å². The quantitative estimate of drug-likeness (QED) is 0.685. The molecule has 5 heteroatoms. The smallest absolute Gasteiger partial charge is 0.320 e. The van der Waals surface area contributed by atoms with E-state index >= 15 is 0 Å². The van der Waals surface area contributed by atoms with Gasteiger partial charge in [-0.2, -0.15) is 13.2 Å². The first-order valence-corrected chi connectivity index (χ1v) is 4.38. The number of benzene rings is 1. The van der Waals surface area contributed by atoms with Gasteiger partial charge in [-0.3, -0.25) is 0 Å². The van der Waals surface area contributed by atoms with Crippen LogP contribution in [0.15, 0.2) is 18.2 Å². The van der Waals surface area contributed by atoms with Crippen LogP contribution in [0.1, 0.15) is 11.1 Å². The van der Waals surface area contributed by atoms with E-state index in [9.17, 15) is 13.2 Å². The van der Waals surface area contributed by atoms with Crippen molar-refractivity contribution in [3.8, 4) is 11.8 Å². The molecule has 0 heterocycles. The predicted octanol–water partition coefficient (Wildman–Crippen LogP) is 2.67. The topological polar surface area (TPSA) is 26.0 Å². The Morgan fingerprint density at radius 1 is 1.33 bits per heavy atom. The first-order valence-electron chi connectivity index (χ1n) is 4.01. The van der Waals surface area contributed by atoms with Crippen molar-refractivity contribution in [1.29, 1.82) is 0 Å². The van der Waals surface area contributed by atoms with Crippen LogP contribution in [0.2, 0.25) is 5.02 Å². The molecule has 1 rings (SSSR count). The molecule has 0 unspecified atom stereocenters. The minimum Gasteiger partial charge on any atom is -0.320 e. The molecular weight excluding hydrogens is 227 g/mol. The lowest BCUT2D eigenvalue weighted by atomic mass is 10.1. The molecule has 0 saturated carbocycles. The average molecular weight is 234 g/mol. The number of rotatable bonds is 0. The van der Waals surface area contributed by atoms with Gasteiger partial charge in [-0.25, -0.2) is 0 Å². The normalized spacial score (nSPS) is 10.7. The number of hydrogen-bond acceptors (Lipinski definition) is 1. The van der Waals surface area contributed by atoms with Gasteiger partial charge in [-0.1, -0.05) is 23.4 Å². The standard InChI is InChI=1S/C10H7ClF3N/c11-9-4-3-7(2-1-5-15)6-8(9)10(12,13)14/h3-4,6H,5,15H2. The molecule has 0 aliphatic carbocycles. The molecule has 0 amide bonds. The molecule has 1 aromatic carbocycles. The van der Waals surface area contributed by atoms with Gasteiger partial charge in [0, 0.05) is 5.56 Å². The van der Waals surface area contributed by atoms with Crippen molar-refractivity contribution in [2.75, 3.05) is 6.54 Å². The van der Waals surface area contributed by atoms with Crippen molar-refractivity contribution in [3.05, 3.63) is 34.3 Å². The van der Waals surface area contributed by atoms with Gasteiger partial charge in [0.2, 0.25) is 0 Å². The summed E-state index contributed by atoms with van der Waals surface area (Å²) < 4.78 is 37.2. The Bertz CT molecular complexity index is 415. The lowest BCUT2D eigenvalue weighted by Gasteiger charge is -2.08. The molecule has 0 aliphatic heterocycles. The van der Waals surface area contributed by atoms with Crippen molar-refractivity contribution in [2.45, 2.75) is 6.18 Å². The molecule has 0 saturated heterocycles. The summed E-state index contributed by atoms with van der Waals surface area (Å²) >= 11 is 5.42. The van der Waals surface area contributed by atoms with Crippen LogP contribution in [0.25, 0.3) is 0 Å². The van der Waals surface area contributed by atoms with Crippen molar-refractivity contribution in [1.82, 2.24) is 0 Å². The zero-order chi connectivity index (χ0) is 11.5. The summed E-state index contributed by atoms with van der Waals surface area (Å²) in [5.74, 6) is 4.98. The largest absolute Gasteiger partial charge is 0.417 e. The summed E-state index contributed by atoms with van der Waals surface area (Å²) in [5, 5.41) is -0.333. The maximum Gasteiger partial charge on any atom is 0.417 e. The van der Waals surface area contributed by atoms with E-state index in [1.165, 1.54) is 12.1 Å². The van der Waals surface area contributed by atoms with Crippen molar-refractivity contribution in [3.63, 3.8) is 0 Å². The van der Waals surface area contributed by atoms with Gasteiger partial charge in [0.15, 0.2) is 0 Å². The van der Waals surface area contributed by atoms with Gasteiger partial charge >= 0.3 is 6.18 Å². The second-order valence-corrected chi connectivity index (χ2v) is 3.11. The van der Waals surface area contributed by atoms with E-state index in [-0.39, 0.29) is 17.1 Å². The lowest BCUT2D eigenvalue weighted by molar-refractivity contribution is -0.137. The third-order valence-electron chi connectivity index (χ3n) is 1.61. The second-order valence-electron chi connectivity index (χ2n) is 2.70.